The molecule has 150 valence electrons. The zero-order valence-electron chi connectivity index (χ0n) is 17.0. The molecule has 0 aliphatic carbocycles. The average Bonchev–Trinajstić information content (AvgIpc) is 2.75. The van der Waals surface area contributed by atoms with Crippen molar-refractivity contribution in [1.29, 1.82) is 0 Å². The number of carbonyl (C=O) groups excluding carboxylic acids is 1. The van der Waals surface area contributed by atoms with Gasteiger partial charge in [0.15, 0.2) is 5.96 Å². The second-order valence-electron chi connectivity index (χ2n) is 6.41. The predicted octanol–water partition coefficient (Wildman–Crippen LogP) is 3.34. The standard InChI is InChI=1S/C22H29N3O3/c1-5-23-22(24-14-16(2)18-9-7-6-8-10-18)25-15-17-11-12-20(27-3)19(13-17)21(26)28-4/h6-13,16H,5,14-15H2,1-4H3,(H2,23,24,25). The van der Waals surface area contributed by atoms with E-state index in [0.29, 0.717) is 23.8 Å². The Balaban J connectivity index is 2.06. The van der Waals surface area contributed by atoms with Crippen molar-refractivity contribution in [1.82, 2.24) is 10.6 Å². The van der Waals surface area contributed by atoms with Gasteiger partial charge >= 0.3 is 5.97 Å². The van der Waals surface area contributed by atoms with Gasteiger partial charge in [0.05, 0.1) is 20.8 Å². The molecule has 0 saturated heterocycles. The predicted molar refractivity (Wildman–Crippen MR) is 112 cm³/mol. The van der Waals surface area contributed by atoms with E-state index in [0.717, 1.165) is 24.6 Å². The van der Waals surface area contributed by atoms with E-state index in [1.165, 1.54) is 19.8 Å². The van der Waals surface area contributed by atoms with Crippen molar-refractivity contribution in [3.63, 3.8) is 0 Å². The Morgan fingerprint density at radius 3 is 2.50 bits per heavy atom. The molecule has 6 heteroatoms. The van der Waals surface area contributed by atoms with E-state index in [-0.39, 0.29) is 0 Å². The average molecular weight is 383 g/mol. The minimum Gasteiger partial charge on any atom is -0.496 e. The molecule has 0 fully saturated rings. The van der Waals surface area contributed by atoms with Crippen molar-refractivity contribution in [3.05, 3.63) is 65.2 Å². The van der Waals surface area contributed by atoms with Crippen molar-refractivity contribution in [2.24, 2.45) is 4.99 Å². The molecule has 0 heterocycles. The van der Waals surface area contributed by atoms with Crippen LogP contribution in [0, 0.1) is 0 Å². The Labute approximate surface area is 167 Å². The number of aliphatic imine (C=N–C) groups is 1. The van der Waals surface area contributed by atoms with E-state index < -0.39 is 5.97 Å². The van der Waals surface area contributed by atoms with E-state index >= 15 is 0 Å². The minimum atomic E-state index is -0.426. The van der Waals surface area contributed by atoms with Crippen LogP contribution in [0.2, 0.25) is 0 Å². The van der Waals surface area contributed by atoms with Gasteiger partial charge in [-0.25, -0.2) is 9.79 Å². The number of esters is 1. The summed E-state index contributed by atoms with van der Waals surface area (Å²) in [6.45, 7) is 6.18. The minimum absolute atomic E-state index is 0.358. The Morgan fingerprint density at radius 2 is 1.86 bits per heavy atom. The summed E-state index contributed by atoms with van der Waals surface area (Å²) in [4.78, 5) is 16.6. The highest BCUT2D eigenvalue weighted by Gasteiger charge is 2.13. The quantitative estimate of drug-likeness (QED) is 0.416. The van der Waals surface area contributed by atoms with Crippen LogP contribution >= 0.6 is 0 Å². The number of nitrogens with one attached hydrogen (secondary N) is 2. The van der Waals surface area contributed by atoms with Crippen LogP contribution < -0.4 is 15.4 Å². The first-order chi connectivity index (χ1) is 13.6. The Morgan fingerprint density at radius 1 is 1.11 bits per heavy atom. The first-order valence-corrected chi connectivity index (χ1v) is 9.41. The van der Waals surface area contributed by atoms with Gasteiger partial charge in [0.25, 0.3) is 0 Å². The van der Waals surface area contributed by atoms with E-state index in [9.17, 15) is 4.79 Å². The Hall–Kier alpha value is -3.02. The lowest BCUT2D eigenvalue weighted by atomic mass is 10.0. The molecule has 2 N–H and O–H groups in total. The van der Waals surface area contributed by atoms with Gasteiger partial charge in [0, 0.05) is 13.1 Å². The molecule has 2 aromatic carbocycles. The third kappa shape index (κ3) is 6.01. The van der Waals surface area contributed by atoms with E-state index in [2.05, 4.69) is 34.7 Å². The van der Waals surface area contributed by atoms with Crippen LogP contribution in [0.4, 0.5) is 0 Å². The molecule has 0 saturated carbocycles. The van der Waals surface area contributed by atoms with Crippen molar-refractivity contribution in [2.45, 2.75) is 26.3 Å². The molecule has 6 nitrogen and oxygen atoms in total. The number of carbonyl (C=O) groups is 1. The molecule has 2 aromatic rings. The van der Waals surface area contributed by atoms with Crippen LogP contribution in [0.1, 0.15) is 41.3 Å². The van der Waals surface area contributed by atoms with E-state index in [1.807, 2.05) is 31.2 Å². The molecule has 0 radical (unpaired) electrons. The molecule has 0 aliphatic heterocycles. The smallest absolute Gasteiger partial charge is 0.341 e. The molecule has 0 bridgehead atoms. The van der Waals surface area contributed by atoms with Gasteiger partial charge < -0.3 is 20.1 Å². The van der Waals surface area contributed by atoms with E-state index in [1.54, 1.807) is 12.1 Å². The fourth-order valence-electron chi connectivity index (χ4n) is 2.78. The summed E-state index contributed by atoms with van der Waals surface area (Å²) >= 11 is 0. The third-order valence-electron chi connectivity index (χ3n) is 4.38. The number of rotatable bonds is 8. The zero-order valence-corrected chi connectivity index (χ0v) is 17.0. The number of hydrogen-bond donors (Lipinski definition) is 2. The fourth-order valence-corrected chi connectivity index (χ4v) is 2.78. The molecular formula is C22H29N3O3. The summed E-state index contributed by atoms with van der Waals surface area (Å²) < 4.78 is 10.1. The SMILES string of the molecule is CCNC(=NCc1ccc(OC)c(C(=O)OC)c1)NCC(C)c1ccccc1. The number of benzene rings is 2. The maximum absolute atomic E-state index is 11.9. The summed E-state index contributed by atoms with van der Waals surface area (Å²) in [7, 11) is 2.88. The zero-order chi connectivity index (χ0) is 20.4. The first kappa shape index (κ1) is 21.3. The normalized spacial score (nSPS) is 12.2. The van der Waals surface area contributed by atoms with Crippen molar-refractivity contribution >= 4 is 11.9 Å². The van der Waals surface area contributed by atoms with Gasteiger partial charge in [-0.05, 0) is 36.1 Å². The second kappa shape index (κ2) is 11.0. The number of guanidine groups is 1. The van der Waals surface area contributed by atoms with Crippen molar-refractivity contribution in [3.8, 4) is 5.75 Å². The number of nitrogens with zero attached hydrogens (tertiary/aromatic N) is 1. The summed E-state index contributed by atoms with van der Waals surface area (Å²) in [5.41, 5.74) is 2.58. The number of ether oxygens (including phenoxy) is 2. The third-order valence-corrected chi connectivity index (χ3v) is 4.38. The summed E-state index contributed by atoms with van der Waals surface area (Å²) in [6, 6.07) is 15.8. The van der Waals surface area contributed by atoms with Gasteiger partial charge in [-0.1, -0.05) is 43.3 Å². The monoisotopic (exact) mass is 383 g/mol. The van der Waals surface area contributed by atoms with Gasteiger partial charge in [0.2, 0.25) is 0 Å². The van der Waals surface area contributed by atoms with Crippen molar-refractivity contribution < 1.29 is 14.3 Å². The molecule has 1 unspecified atom stereocenters. The lowest BCUT2D eigenvalue weighted by Crippen LogP contribution is -2.39. The Kier molecular flexibility index (Phi) is 8.34. The summed E-state index contributed by atoms with van der Waals surface area (Å²) in [5, 5.41) is 6.64. The molecule has 0 amide bonds. The van der Waals surface area contributed by atoms with Crippen molar-refractivity contribution in [2.75, 3.05) is 27.3 Å². The van der Waals surface area contributed by atoms with Gasteiger partial charge in [-0.15, -0.1) is 0 Å². The van der Waals surface area contributed by atoms with Crippen LogP contribution in [-0.4, -0.2) is 39.2 Å². The van der Waals surface area contributed by atoms with Crippen LogP contribution in [0.3, 0.4) is 0 Å². The number of hydrogen-bond acceptors (Lipinski definition) is 4. The highest BCUT2D eigenvalue weighted by molar-refractivity contribution is 5.92. The maximum Gasteiger partial charge on any atom is 0.341 e. The second-order valence-corrected chi connectivity index (χ2v) is 6.41. The van der Waals surface area contributed by atoms with Crippen LogP contribution in [0.25, 0.3) is 0 Å². The molecule has 2 rings (SSSR count). The van der Waals surface area contributed by atoms with Gasteiger partial charge in [0.1, 0.15) is 11.3 Å². The van der Waals surface area contributed by atoms with Crippen LogP contribution in [0.15, 0.2) is 53.5 Å². The largest absolute Gasteiger partial charge is 0.496 e. The summed E-state index contributed by atoms with van der Waals surface area (Å²) in [5.74, 6) is 1.16. The topological polar surface area (TPSA) is 72.0 Å². The van der Waals surface area contributed by atoms with Gasteiger partial charge in [-0.3, -0.25) is 0 Å². The van der Waals surface area contributed by atoms with Gasteiger partial charge in [-0.2, -0.15) is 0 Å². The molecule has 1 atom stereocenters. The van der Waals surface area contributed by atoms with E-state index in [4.69, 9.17) is 9.47 Å². The van der Waals surface area contributed by atoms with Crippen LogP contribution in [-0.2, 0) is 11.3 Å². The lowest BCUT2D eigenvalue weighted by molar-refractivity contribution is 0.0597. The fraction of sp³-hybridized carbons (Fsp3) is 0.364. The highest BCUT2D eigenvalue weighted by atomic mass is 16.5. The highest BCUT2D eigenvalue weighted by Crippen LogP contribution is 2.21. The first-order valence-electron chi connectivity index (χ1n) is 9.41. The maximum atomic E-state index is 11.9. The molecule has 0 spiro atoms. The van der Waals surface area contributed by atoms with Crippen LogP contribution in [0.5, 0.6) is 5.75 Å². The molecule has 0 aromatic heterocycles. The Bertz CT molecular complexity index is 791. The molecule has 28 heavy (non-hydrogen) atoms. The summed E-state index contributed by atoms with van der Waals surface area (Å²) in [6.07, 6.45) is 0. The lowest BCUT2D eigenvalue weighted by Gasteiger charge is -2.16. The molecular weight excluding hydrogens is 354 g/mol. The molecule has 0 aliphatic rings. The number of methoxy groups -OCH3 is 2.